The van der Waals surface area contributed by atoms with Crippen LogP contribution in [0.3, 0.4) is 0 Å². The minimum absolute atomic E-state index is 0.160. The number of rotatable bonds is 3. The SMILES string of the molecule is CC1CCN(C(=O)C2=CN(c3ccc(N(C)C)cc3)c3ccccc3S2(=O)=O)CC1. The van der Waals surface area contributed by atoms with Crippen LogP contribution in [0.4, 0.5) is 17.1 Å². The topological polar surface area (TPSA) is 60.9 Å². The zero-order valence-corrected chi connectivity index (χ0v) is 18.4. The van der Waals surface area contributed by atoms with Crippen LogP contribution in [0.1, 0.15) is 19.8 Å². The standard InChI is InChI=1S/C23H27N3O3S/c1-17-12-14-25(15-13-17)23(27)22-16-26(19-10-8-18(9-11-19)24(2)3)20-6-4-5-7-21(20)30(22,28)29/h4-11,16-17H,12-15H2,1-3H3. The second-order valence-corrected chi connectivity index (χ2v) is 10.1. The molecule has 0 atom stereocenters. The molecule has 30 heavy (non-hydrogen) atoms. The molecule has 2 aromatic carbocycles. The third kappa shape index (κ3) is 3.58. The Morgan fingerprint density at radius 3 is 2.27 bits per heavy atom. The molecular weight excluding hydrogens is 398 g/mol. The minimum Gasteiger partial charge on any atom is -0.378 e. The largest absolute Gasteiger partial charge is 0.378 e. The highest BCUT2D eigenvalue weighted by Crippen LogP contribution is 2.40. The summed E-state index contributed by atoms with van der Waals surface area (Å²) in [7, 11) is 0.0449. The van der Waals surface area contributed by atoms with Crippen LogP contribution in [-0.4, -0.2) is 46.4 Å². The highest BCUT2D eigenvalue weighted by atomic mass is 32.2. The number of carbonyl (C=O) groups is 1. The van der Waals surface area contributed by atoms with Crippen molar-refractivity contribution in [1.82, 2.24) is 4.90 Å². The van der Waals surface area contributed by atoms with E-state index in [1.165, 1.54) is 6.20 Å². The Balaban J connectivity index is 1.78. The van der Waals surface area contributed by atoms with Crippen LogP contribution in [0.2, 0.25) is 0 Å². The fraction of sp³-hybridized carbons (Fsp3) is 0.348. The fourth-order valence-corrected chi connectivity index (χ4v) is 5.46. The van der Waals surface area contributed by atoms with E-state index in [-0.39, 0.29) is 9.80 Å². The maximum Gasteiger partial charge on any atom is 0.267 e. The van der Waals surface area contributed by atoms with Gasteiger partial charge in [-0.2, -0.15) is 0 Å². The molecule has 2 heterocycles. The number of para-hydroxylation sites is 1. The molecule has 1 amide bonds. The van der Waals surface area contributed by atoms with Gasteiger partial charge in [-0.3, -0.25) is 4.79 Å². The average Bonchev–Trinajstić information content (AvgIpc) is 2.74. The van der Waals surface area contributed by atoms with Gasteiger partial charge >= 0.3 is 0 Å². The van der Waals surface area contributed by atoms with E-state index in [1.807, 2.05) is 49.3 Å². The smallest absolute Gasteiger partial charge is 0.267 e. The molecule has 0 N–H and O–H groups in total. The molecule has 2 aliphatic heterocycles. The van der Waals surface area contributed by atoms with Crippen molar-refractivity contribution in [3.63, 3.8) is 0 Å². The van der Waals surface area contributed by atoms with Crippen LogP contribution in [0.15, 0.2) is 64.5 Å². The number of hydrogen-bond acceptors (Lipinski definition) is 5. The number of fused-ring (bicyclic) bond motifs is 1. The Morgan fingerprint density at radius 2 is 1.63 bits per heavy atom. The normalized spacial score (nSPS) is 18.6. The Kier molecular flexibility index (Phi) is 5.32. The quantitative estimate of drug-likeness (QED) is 0.749. The first-order valence-electron chi connectivity index (χ1n) is 10.2. The minimum atomic E-state index is -3.89. The van der Waals surface area contributed by atoms with Gasteiger partial charge in [0.05, 0.1) is 10.6 Å². The van der Waals surface area contributed by atoms with Crippen LogP contribution in [0.25, 0.3) is 0 Å². The van der Waals surface area contributed by atoms with Crippen molar-refractivity contribution in [3.05, 3.63) is 59.6 Å². The molecule has 6 nitrogen and oxygen atoms in total. The predicted molar refractivity (Wildman–Crippen MR) is 120 cm³/mol. The van der Waals surface area contributed by atoms with Crippen molar-refractivity contribution >= 4 is 32.8 Å². The van der Waals surface area contributed by atoms with E-state index in [9.17, 15) is 13.2 Å². The lowest BCUT2D eigenvalue weighted by atomic mass is 9.99. The summed E-state index contributed by atoms with van der Waals surface area (Å²) in [5.74, 6) is 0.143. The molecule has 0 spiro atoms. The third-order valence-electron chi connectivity index (χ3n) is 5.88. The number of likely N-dealkylation sites (tertiary alicyclic amines) is 1. The van der Waals surface area contributed by atoms with Crippen molar-refractivity contribution in [2.45, 2.75) is 24.7 Å². The van der Waals surface area contributed by atoms with Gasteiger partial charge in [-0.15, -0.1) is 0 Å². The van der Waals surface area contributed by atoms with E-state index in [0.29, 0.717) is 24.7 Å². The lowest BCUT2D eigenvalue weighted by molar-refractivity contribution is -0.127. The zero-order chi connectivity index (χ0) is 21.5. The molecule has 0 aliphatic carbocycles. The first kappa shape index (κ1) is 20.5. The fourth-order valence-electron chi connectivity index (χ4n) is 3.92. The average molecular weight is 426 g/mol. The van der Waals surface area contributed by atoms with Gasteiger partial charge in [0.2, 0.25) is 9.84 Å². The third-order valence-corrected chi connectivity index (χ3v) is 7.66. The molecular formula is C23H27N3O3S. The molecule has 7 heteroatoms. The Hall–Kier alpha value is -2.80. The van der Waals surface area contributed by atoms with Crippen LogP contribution in [-0.2, 0) is 14.6 Å². The predicted octanol–water partition coefficient (Wildman–Crippen LogP) is 3.78. The van der Waals surface area contributed by atoms with Gasteiger partial charge in [-0.05, 0) is 55.2 Å². The molecule has 2 aromatic rings. The Bertz CT molecular complexity index is 1080. The number of anilines is 3. The number of nitrogens with zero attached hydrogens (tertiary/aromatic N) is 3. The summed E-state index contributed by atoms with van der Waals surface area (Å²) in [4.78, 5) is 18.7. The molecule has 0 unspecified atom stereocenters. The van der Waals surface area contributed by atoms with Crippen LogP contribution in [0.5, 0.6) is 0 Å². The second kappa shape index (κ2) is 7.80. The van der Waals surface area contributed by atoms with Gasteiger partial charge in [0.15, 0.2) is 4.91 Å². The van der Waals surface area contributed by atoms with E-state index in [1.54, 1.807) is 28.0 Å². The summed E-state index contributed by atoms with van der Waals surface area (Å²) in [6.07, 6.45) is 3.28. The van der Waals surface area contributed by atoms with Crippen LogP contribution < -0.4 is 9.80 Å². The lowest BCUT2D eigenvalue weighted by Crippen LogP contribution is -2.41. The van der Waals surface area contributed by atoms with E-state index in [2.05, 4.69) is 6.92 Å². The molecule has 2 aliphatic rings. The molecule has 0 bridgehead atoms. The van der Waals surface area contributed by atoms with Gasteiger partial charge in [0.25, 0.3) is 5.91 Å². The molecule has 0 saturated carbocycles. The summed E-state index contributed by atoms with van der Waals surface area (Å²) < 4.78 is 26.6. The van der Waals surface area contributed by atoms with E-state index < -0.39 is 15.7 Å². The van der Waals surface area contributed by atoms with Gasteiger partial charge in [-0.25, -0.2) is 8.42 Å². The summed E-state index contributed by atoms with van der Waals surface area (Å²) >= 11 is 0. The maximum absolute atomic E-state index is 13.3. The zero-order valence-electron chi connectivity index (χ0n) is 17.6. The second-order valence-electron chi connectivity index (χ2n) is 8.22. The van der Waals surface area contributed by atoms with Gasteiger partial charge in [0.1, 0.15) is 0 Å². The van der Waals surface area contributed by atoms with Gasteiger partial charge < -0.3 is 14.7 Å². The van der Waals surface area contributed by atoms with Crippen LogP contribution in [0, 0.1) is 5.92 Å². The summed E-state index contributed by atoms with van der Waals surface area (Å²) in [6.45, 7) is 3.34. The molecule has 0 radical (unpaired) electrons. The van der Waals surface area contributed by atoms with Crippen molar-refractivity contribution in [2.75, 3.05) is 37.0 Å². The van der Waals surface area contributed by atoms with E-state index in [0.717, 1.165) is 24.2 Å². The van der Waals surface area contributed by atoms with Gasteiger partial charge in [-0.1, -0.05) is 19.1 Å². The molecule has 158 valence electrons. The summed E-state index contributed by atoms with van der Waals surface area (Å²) in [6, 6.07) is 14.7. The Labute approximate surface area is 178 Å². The first-order chi connectivity index (χ1) is 14.3. The number of amides is 1. The highest BCUT2D eigenvalue weighted by molar-refractivity contribution is 7.96. The van der Waals surface area contributed by atoms with Crippen LogP contribution >= 0.6 is 0 Å². The van der Waals surface area contributed by atoms with Gasteiger partial charge in [0, 0.05) is 44.8 Å². The summed E-state index contributed by atoms with van der Waals surface area (Å²) in [5, 5.41) is 0. The maximum atomic E-state index is 13.3. The number of piperidine rings is 1. The number of benzene rings is 2. The van der Waals surface area contributed by atoms with E-state index in [4.69, 9.17) is 0 Å². The van der Waals surface area contributed by atoms with Crippen molar-refractivity contribution in [2.24, 2.45) is 5.92 Å². The Morgan fingerprint density at radius 1 is 1.00 bits per heavy atom. The molecule has 4 rings (SSSR count). The first-order valence-corrected chi connectivity index (χ1v) is 11.7. The number of carbonyl (C=O) groups excluding carboxylic acids is 1. The summed E-state index contributed by atoms with van der Waals surface area (Å²) in [5.41, 5.74) is 2.40. The lowest BCUT2D eigenvalue weighted by Gasteiger charge is -2.33. The van der Waals surface area contributed by atoms with E-state index >= 15 is 0 Å². The number of sulfone groups is 1. The van der Waals surface area contributed by atoms with Crippen molar-refractivity contribution in [1.29, 1.82) is 0 Å². The van der Waals surface area contributed by atoms with Crippen molar-refractivity contribution in [3.8, 4) is 0 Å². The van der Waals surface area contributed by atoms with Crippen molar-refractivity contribution < 1.29 is 13.2 Å². The highest BCUT2D eigenvalue weighted by Gasteiger charge is 2.38. The molecule has 0 aromatic heterocycles. The number of hydrogen-bond donors (Lipinski definition) is 0. The monoisotopic (exact) mass is 425 g/mol. The molecule has 1 fully saturated rings. The molecule has 1 saturated heterocycles.